The SMILES string of the molecule is CCOc1ccccc1CN1C(=O)[C@H]2[C@H](C(=O)Nc3ccc(C(C)C)cc3)[C@H]3C=C[C@@]2(O3)[C@@H]1C(=O)N[C@@H]1CCC[C@@H](C)[C@@H]1C. The zero-order valence-corrected chi connectivity index (χ0v) is 26.4. The van der Waals surface area contributed by atoms with Crippen LogP contribution in [0.15, 0.2) is 60.7 Å². The molecule has 2 saturated heterocycles. The quantitative estimate of drug-likeness (QED) is 0.375. The lowest BCUT2D eigenvalue weighted by Crippen LogP contribution is -2.57. The summed E-state index contributed by atoms with van der Waals surface area (Å²) in [6.45, 7) is 11.2. The molecule has 2 bridgehead atoms. The third-order valence-electron chi connectivity index (χ3n) is 10.4. The third-order valence-corrected chi connectivity index (χ3v) is 10.4. The molecular weight excluding hydrogens is 554 g/mol. The number of carbonyl (C=O) groups excluding carboxylic acids is 3. The van der Waals surface area contributed by atoms with Crippen molar-refractivity contribution >= 4 is 23.4 Å². The maximum absolute atomic E-state index is 14.5. The fourth-order valence-corrected chi connectivity index (χ4v) is 7.78. The van der Waals surface area contributed by atoms with Gasteiger partial charge in [-0.25, -0.2) is 0 Å². The van der Waals surface area contributed by atoms with Crippen LogP contribution in [0.2, 0.25) is 0 Å². The molecule has 6 rings (SSSR count). The lowest BCUT2D eigenvalue weighted by atomic mass is 9.73. The zero-order chi connectivity index (χ0) is 31.2. The van der Waals surface area contributed by atoms with E-state index in [1.807, 2.05) is 67.6 Å². The van der Waals surface area contributed by atoms with Gasteiger partial charge in [0.05, 0.1) is 31.1 Å². The van der Waals surface area contributed by atoms with Gasteiger partial charge in [0.1, 0.15) is 17.4 Å². The first kappa shape index (κ1) is 30.4. The van der Waals surface area contributed by atoms with Gasteiger partial charge >= 0.3 is 0 Å². The first-order valence-corrected chi connectivity index (χ1v) is 16.2. The van der Waals surface area contributed by atoms with Gasteiger partial charge in [-0.3, -0.25) is 14.4 Å². The fraction of sp³-hybridized carbons (Fsp3) is 0.528. The highest BCUT2D eigenvalue weighted by molar-refractivity contribution is 6.02. The van der Waals surface area contributed by atoms with Crippen LogP contribution < -0.4 is 15.4 Å². The second-order valence-corrected chi connectivity index (χ2v) is 13.4. The van der Waals surface area contributed by atoms with Gasteiger partial charge in [-0.15, -0.1) is 0 Å². The third kappa shape index (κ3) is 5.21. The molecule has 3 fully saturated rings. The number of fused-ring (bicyclic) bond motifs is 1. The highest BCUT2D eigenvalue weighted by Crippen LogP contribution is 2.55. The number of carbonyl (C=O) groups is 3. The molecule has 0 unspecified atom stereocenters. The Bertz CT molecular complexity index is 1440. The van der Waals surface area contributed by atoms with E-state index in [2.05, 4.69) is 38.3 Å². The summed E-state index contributed by atoms with van der Waals surface area (Å²) < 4.78 is 12.4. The average molecular weight is 600 g/mol. The van der Waals surface area contributed by atoms with Crippen LogP contribution >= 0.6 is 0 Å². The molecule has 234 valence electrons. The molecular formula is C36H45N3O5. The van der Waals surface area contributed by atoms with Crippen molar-refractivity contribution in [2.24, 2.45) is 23.7 Å². The van der Waals surface area contributed by atoms with Crippen molar-refractivity contribution in [1.29, 1.82) is 0 Å². The molecule has 44 heavy (non-hydrogen) atoms. The summed E-state index contributed by atoms with van der Waals surface area (Å²) in [7, 11) is 0. The number of likely N-dealkylation sites (tertiary alicyclic amines) is 1. The zero-order valence-electron chi connectivity index (χ0n) is 26.4. The van der Waals surface area contributed by atoms with Gasteiger partial charge < -0.3 is 25.0 Å². The molecule has 1 saturated carbocycles. The lowest BCUT2D eigenvalue weighted by molar-refractivity contribution is -0.142. The summed E-state index contributed by atoms with van der Waals surface area (Å²) >= 11 is 0. The molecule has 0 radical (unpaired) electrons. The maximum Gasteiger partial charge on any atom is 0.246 e. The summed E-state index contributed by atoms with van der Waals surface area (Å²) in [5.41, 5.74) is 1.43. The number of hydrogen-bond donors (Lipinski definition) is 2. The normalized spacial score (nSPS) is 32.2. The molecule has 1 aliphatic carbocycles. The van der Waals surface area contributed by atoms with Gasteiger partial charge in [0.2, 0.25) is 17.7 Å². The van der Waals surface area contributed by atoms with Gasteiger partial charge in [-0.05, 0) is 54.9 Å². The molecule has 1 spiro atoms. The van der Waals surface area contributed by atoms with E-state index >= 15 is 0 Å². The van der Waals surface area contributed by atoms with Crippen molar-refractivity contribution < 1.29 is 23.9 Å². The first-order valence-electron chi connectivity index (χ1n) is 16.2. The van der Waals surface area contributed by atoms with E-state index in [4.69, 9.17) is 9.47 Å². The topological polar surface area (TPSA) is 97.0 Å². The Labute approximate surface area is 260 Å². The Morgan fingerprint density at radius 2 is 1.82 bits per heavy atom. The van der Waals surface area contributed by atoms with Crippen molar-refractivity contribution in [2.45, 2.75) is 90.1 Å². The molecule has 3 aliphatic heterocycles. The van der Waals surface area contributed by atoms with Gasteiger partial charge in [0.15, 0.2) is 0 Å². The van der Waals surface area contributed by atoms with Crippen LogP contribution in [0.1, 0.15) is 70.9 Å². The number of anilines is 1. The molecule has 8 atom stereocenters. The van der Waals surface area contributed by atoms with Crippen molar-refractivity contribution in [1.82, 2.24) is 10.2 Å². The van der Waals surface area contributed by atoms with Gasteiger partial charge in [0.25, 0.3) is 0 Å². The predicted octanol–water partition coefficient (Wildman–Crippen LogP) is 5.44. The Kier molecular flexibility index (Phi) is 8.31. The van der Waals surface area contributed by atoms with Crippen molar-refractivity contribution in [3.8, 4) is 5.75 Å². The van der Waals surface area contributed by atoms with E-state index in [1.54, 1.807) is 4.90 Å². The number of ether oxygens (including phenoxy) is 2. The highest BCUT2D eigenvalue weighted by atomic mass is 16.5. The van der Waals surface area contributed by atoms with E-state index in [-0.39, 0.29) is 30.3 Å². The van der Waals surface area contributed by atoms with Crippen LogP contribution in [0.5, 0.6) is 5.75 Å². The standard InChI is InChI=1S/C36H45N3O5/c1-6-43-28-13-8-7-11-25(28)20-39-32(34(41)38-27-12-9-10-22(4)23(27)5)36-19-18-29(44-36)30(31(36)35(39)42)33(40)37-26-16-14-24(15-17-26)21(2)3/h7-8,11,13-19,21-23,27,29-32H,6,9-10,12,20H2,1-5H3,(H,37,40)(H,38,41)/t22-,23+,27-,29-,30-,31-,32+,36+/m1/s1. The number of hydrogen-bond acceptors (Lipinski definition) is 5. The number of amides is 3. The number of benzene rings is 2. The van der Waals surface area contributed by atoms with E-state index in [0.29, 0.717) is 35.8 Å². The summed E-state index contributed by atoms with van der Waals surface area (Å²) in [5, 5.41) is 6.36. The number of para-hydroxylation sites is 1. The largest absolute Gasteiger partial charge is 0.494 e. The minimum atomic E-state index is -1.22. The van der Waals surface area contributed by atoms with E-state index in [9.17, 15) is 14.4 Å². The molecule has 4 aliphatic rings. The summed E-state index contributed by atoms with van der Waals surface area (Å²) in [4.78, 5) is 44.3. The minimum absolute atomic E-state index is 0.0184. The predicted molar refractivity (Wildman–Crippen MR) is 169 cm³/mol. The summed E-state index contributed by atoms with van der Waals surface area (Å²) in [5.74, 6) is -0.448. The Morgan fingerprint density at radius 3 is 2.55 bits per heavy atom. The number of nitrogens with zero attached hydrogens (tertiary/aromatic N) is 1. The number of rotatable bonds is 9. The Morgan fingerprint density at radius 1 is 1.07 bits per heavy atom. The van der Waals surface area contributed by atoms with Crippen LogP contribution in [0.25, 0.3) is 0 Å². The molecule has 2 aromatic carbocycles. The highest BCUT2D eigenvalue weighted by Gasteiger charge is 2.72. The van der Waals surface area contributed by atoms with E-state index in [1.165, 1.54) is 5.56 Å². The monoisotopic (exact) mass is 599 g/mol. The summed E-state index contributed by atoms with van der Waals surface area (Å²) in [6.07, 6.45) is 6.25. The van der Waals surface area contributed by atoms with Crippen molar-refractivity contribution in [3.63, 3.8) is 0 Å². The van der Waals surface area contributed by atoms with E-state index in [0.717, 1.165) is 24.8 Å². The fourth-order valence-electron chi connectivity index (χ4n) is 7.78. The van der Waals surface area contributed by atoms with Crippen molar-refractivity contribution in [3.05, 3.63) is 71.8 Å². The second kappa shape index (κ2) is 12.0. The van der Waals surface area contributed by atoms with Gasteiger partial charge in [-0.1, -0.05) is 83.0 Å². The van der Waals surface area contributed by atoms with Crippen LogP contribution in [0.4, 0.5) is 5.69 Å². The molecule has 3 amide bonds. The molecule has 8 heteroatoms. The van der Waals surface area contributed by atoms with Crippen LogP contribution in [-0.2, 0) is 25.7 Å². The average Bonchev–Trinajstić information content (AvgIpc) is 3.64. The molecule has 0 aromatic heterocycles. The molecule has 3 heterocycles. The van der Waals surface area contributed by atoms with Crippen LogP contribution in [0.3, 0.4) is 0 Å². The molecule has 8 nitrogen and oxygen atoms in total. The smallest absolute Gasteiger partial charge is 0.246 e. The van der Waals surface area contributed by atoms with Crippen LogP contribution in [-0.4, -0.2) is 53.0 Å². The van der Waals surface area contributed by atoms with Gasteiger partial charge in [0, 0.05) is 17.3 Å². The van der Waals surface area contributed by atoms with Gasteiger partial charge in [-0.2, -0.15) is 0 Å². The van der Waals surface area contributed by atoms with Crippen molar-refractivity contribution in [2.75, 3.05) is 11.9 Å². The Hall–Kier alpha value is -3.65. The second-order valence-electron chi connectivity index (χ2n) is 13.4. The Balaban J connectivity index is 1.32. The number of nitrogens with one attached hydrogen (secondary N) is 2. The molecule has 2 aromatic rings. The lowest BCUT2D eigenvalue weighted by Gasteiger charge is -2.38. The molecule has 2 N–H and O–H groups in total. The maximum atomic E-state index is 14.5. The van der Waals surface area contributed by atoms with E-state index < -0.39 is 29.6 Å². The van der Waals surface area contributed by atoms with Crippen LogP contribution in [0, 0.1) is 23.7 Å². The minimum Gasteiger partial charge on any atom is -0.494 e. The first-order chi connectivity index (χ1) is 21.1. The summed E-state index contributed by atoms with van der Waals surface area (Å²) in [6, 6.07) is 14.5.